The average Bonchev–Trinajstić information content (AvgIpc) is 2.67. The van der Waals surface area contributed by atoms with E-state index >= 15 is 0 Å². The maximum atomic E-state index is 5.64. The molecule has 2 aromatic rings. The largest absolute Gasteiger partial charge is 0.340 e. The van der Waals surface area contributed by atoms with Crippen molar-refractivity contribution < 1.29 is 0 Å². The average molecular weight is 194 g/mol. The maximum Gasteiger partial charge on any atom is 0.156 e. The van der Waals surface area contributed by atoms with Crippen molar-refractivity contribution in [1.82, 2.24) is 15.0 Å². The SMILES string of the molecule is ClCc1cnc(-c2ccccn2)[nH]1. The molecule has 2 heterocycles. The van der Waals surface area contributed by atoms with Gasteiger partial charge in [0, 0.05) is 18.1 Å². The molecular weight excluding hydrogens is 186 g/mol. The lowest BCUT2D eigenvalue weighted by Gasteiger charge is -1.93. The van der Waals surface area contributed by atoms with Crippen molar-refractivity contribution in [2.75, 3.05) is 0 Å². The van der Waals surface area contributed by atoms with Crippen molar-refractivity contribution in [1.29, 1.82) is 0 Å². The van der Waals surface area contributed by atoms with Crippen molar-refractivity contribution in [2.24, 2.45) is 0 Å². The highest BCUT2D eigenvalue weighted by Gasteiger charge is 2.02. The lowest BCUT2D eigenvalue weighted by atomic mass is 10.3. The molecular formula is C9H8ClN3. The third-order valence-electron chi connectivity index (χ3n) is 1.68. The number of aromatic nitrogens is 3. The zero-order chi connectivity index (χ0) is 9.10. The van der Waals surface area contributed by atoms with Gasteiger partial charge in [0.1, 0.15) is 5.69 Å². The standard InChI is InChI=1S/C9H8ClN3/c10-5-7-6-12-9(13-7)8-3-1-2-4-11-8/h1-4,6H,5H2,(H,12,13). The van der Waals surface area contributed by atoms with Crippen LogP contribution >= 0.6 is 11.6 Å². The highest BCUT2D eigenvalue weighted by Crippen LogP contribution is 2.12. The predicted molar refractivity (Wildman–Crippen MR) is 51.4 cm³/mol. The monoisotopic (exact) mass is 193 g/mol. The van der Waals surface area contributed by atoms with Gasteiger partial charge in [-0.15, -0.1) is 11.6 Å². The van der Waals surface area contributed by atoms with Gasteiger partial charge < -0.3 is 4.98 Å². The molecule has 4 heteroatoms. The van der Waals surface area contributed by atoms with Crippen LogP contribution in [0.5, 0.6) is 0 Å². The Kier molecular flexibility index (Phi) is 2.27. The van der Waals surface area contributed by atoms with Crippen molar-refractivity contribution >= 4 is 11.6 Å². The van der Waals surface area contributed by atoms with Gasteiger partial charge in [-0.05, 0) is 12.1 Å². The van der Waals surface area contributed by atoms with Crippen LogP contribution in [-0.4, -0.2) is 15.0 Å². The van der Waals surface area contributed by atoms with Crippen LogP contribution in [0.15, 0.2) is 30.6 Å². The fourth-order valence-electron chi connectivity index (χ4n) is 1.06. The Bertz CT molecular complexity index is 383. The summed E-state index contributed by atoms with van der Waals surface area (Å²) in [4.78, 5) is 11.4. The Morgan fingerprint density at radius 2 is 2.23 bits per heavy atom. The number of nitrogens with one attached hydrogen (secondary N) is 1. The third kappa shape index (κ3) is 1.70. The molecule has 13 heavy (non-hydrogen) atoms. The second-order valence-electron chi connectivity index (χ2n) is 2.61. The summed E-state index contributed by atoms with van der Waals surface area (Å²) in [5.74, 6) is 1.20. The van der Waals surface area contributed by atoms with Gasteiger partial charge in [-0.1, -0.05) is 6.07 Å². The first-order valence-electron chi connectivity index (χ1n) is 3.91. The second kappa shape index (κ2) is 3.58. The first-order valence-corrected chi connectivity index (χ1v) is 4.45. The summed E-state index contributed by atoms with van der Waals surface area (Å²) >= 11 is 5.64. The number of pyridine rings is 1. The van der Waals surface area contributed by atoms with Gasteiger partial charge in [-0.2, -0.15) is 0 Å². The van der Waals surface area contributed by atoms with Crippen molar-refractivity contribution in [2.45, 2.75) is 5.88 Å². The zero-order valence-electron chi connectivity index (χ0n) is 6.87. The van der Waals surface area contributed by atoms with Crippen LogP contribution in [-0.2, 0) is 5.88 Å². The number of hydrogen-bond donors (Lipinski definition) is 1. The molecule has 1 N–H and O–H groups in total. The van der Waals surface area contributed by atoms with E-state index in [1.807, 2.05) is 18.2 Å². The Morgan fingerprint density at radius 1 is 1.31 bits per heavy atom. The molecule has 0 saturated carbocycles. The number of rotatable bonds is 2. The minimum Gasteiger partial charge on any atom is -0.340 e. The molecule has 2 rings (SSSR count). The van der Waals surface area contributed by atoms with Crippen molar-refractivity contribution in [3.05, 3.63) is 36.3 Å². The Labute approximate surface area is 80.8 Å². The molecule has 0 saturated heterocycles. The molecule has 2 aromatic heterocycles. The van der Waals surface area contributed by atoms with E-state index in [0.29, 0.717) is 5.88 Å². The van der Waals surface area contributed by atoms with Crippen molar-refractivity contribution in [3.8, 4) is 11.5 Å². The molecule has 0 aliphatic carbocycles. The summed E-state index contributed by atoms with van der Waals surface area (Å²) in [6.45, 7) is 0. The molecule has 0 aliphatic heterocycles. The van der Waals surface area contributed by atoms with Gasteiger partial charge in [0.05, 0.1) is 5.88 Å². The molecule has 0 fully saturated rings. The summed E-state index contributed by atoms with van der Waals surface area (Å²) in [6.07, 6.45) is 3.45. The van der Waals surface area contributed by atoms with E-state index in [1.165, 1.54) is 0 Å². The first kappa shape index (κ1) is 8.26. The zero-order valence-corrected chi connectivity index (χ0v) is 7.62. The molecule has 0 bridgehead atoms. The van der Waals surface area contributed by atoms with Gasteiger partial charge in [0.25, 0.3) is 0 Å². The van der Waals surface area contributed by atoms with Crippen LogP contribution in [0.25, 0.3) is 11.5 Å². The fourth-order valence-corrected chi connectivity index (χ4v) is 1.20. The Morgan fingerprint density at radius 3 is 2.85 bits per heavy atom. The second-order valence-corrected chi connectivity index (χ2v) is 2.87. The highest BCUT2D eigenvalue weighted by atomic mass is 35.5. The molecule has 0 unspecified atom stereocenters. The maximum absolute atomic E-state index is 5.64. The number of halogens is 1. The number of hydrogen-bond acceptors (Lipinski definition) is 2. The quantitative estimate of drug-likeness (QED) is 0.743. The molecule has 0 radical (unpaired) electrons. The van der Waals surface area contributed by atoms with E-state index in [1.54, 1.807) is 12.4 Å². The fraction of sp³-hybridized carbons (Fsp3) is 0.111. The van der Waals surface area contributed by atoms with E-state index in [4.69, 9.17) is 11.6 Å². The van der Waals surface area contributed by atoms with Gasteiger partial charge in [-0.25, -0.2) is 4.98 Å². The minimum atomic E-state index is 0.444. The molecule has 66 valence electrons. The lowest BCUT2D eigenvalue weighted by Crippen LogP contribution is -1.84. The van der Waals surface area contributed by atoms with Crippen LogP contribution < -0.4 is 0 Å². The van der Waals surface area contributed by atoms with Crippen LogP contribution in [0, 0.1) is 0 Å². The molecule has 0 spiro atoms. The molecule has 0 atom stereocenters. The number of aromatic amines is 1. The van der Waals surface area contributed by atoms with Gasteiger partial charge in [-0.3, -0.25) is 4.98 Å². The number of alkyl halides is 1. The summed E-state index contributed by atoms with van der Waals surface area (Å²) in [6, 6.07) is 5.69. The molecule has 0 aromatic carbocycles. The first-order chi connectivity index (χ1) is 6.40. The normalized spacial score (nSPS) is 10.2. The summed E-state index contributed by atoms with van der Waals surface area (Å²) in [5, 5.41) is 0. The number of imidazole rings is 1. The predicted octanol–water partition coefficient (Wildman–Crippen LogP) is 2.21. The van der Waals surface area contributed by atoms with E-state index in [0.717, 1.165) is 17.2 Å². The smallest absolute Gasteiger partial charge is 0.156 e. The Balaban J connectivity index is 2.36. The molecule has 0 amide bonds. The van der Waals surface area contributed by atoms with Crippen LogP contribution in [0.1, 0.15) is 5.69 Å². The van der Waals surface area contributed by atoms with Crippen LogP contribution in [0.2, 0.25) is 0 Å². The summed E-state index contributed by atoms with van der Waals surface area (Å²) in [7, 11) is 0. The highest BCUT2D eigenvalue weighted by molar-refractivity contribution is 6.16. The van der Waals surface area contributed by atoms with E-state index in [2.05, 4.69) is 15.0 Å². The van der Waals surface area contributed by atoms with E-state index < -0.39 is 0 Å². The summed E-state index contributed by atoms with van der Waals surface area (Å²) < 4.78 is 0. The third-order valence-corrected chi connectivity index (χ3v) is 1.97. The topological polar surface area (TPSA) is 41.6 Å². The number of nitrogens with zero attached hydrogens (tertiary/aromatic N) is 2. The van der Waals surface area contributed by atoms with Gasteiger partial charge >= 0.3 is 0 Å². The van der Waals surface area contributed by atoms with Crippen molar-refractivity contribution in [3.63, 3.8) is 0 Å². The molecule has 0 aliphatic rings. The summed E-state index contributed by atoms with van der Waals surface area (Å²) in [5.41, 5.74) is 1.74. The lowest BCUT2D eigenvalue weighted by molar-refractivity contribution is 1.19. The number of H-pyrrole nitrogens is 1. The van der Waals surface area contributed by atoms with Gasteiger partial charge in [0.15, 0.2) is 5.82 Å². The van der Waals surface area contributed by atoms with E-state index in [9.17, 15) is 0 Å². The van der Waals surface area contributed by atoms with Crippen LogP contribution in [0.4, 0.5) is 0 Å². The minimum absolute atomic E-state index is 0.444. The Hall–Kier alpha value is -1.35. The van der Waals surface area contributed by atoms with Gasteiger partial charge in [0.2, 0.25) is 0 Å². The van der Waals surface area contributed by atoms with E-state index in [-0.39, 0.29) is 0 Å². The molecule has 3 nitrogen and oxygen atoms in total. The van der Waals surface area contributed by atoms with Crippen LogP contribution in [0.3, 0.4) is 0 Å².